The minimum atomic E-state index is -1.01. The molecule has 0 saturated heterocycles. The number of halogens is 2. The lowest BCUT2D eigenvalue weighted by Crippen LogP contribution is -2.00. The first-order chi connectivity index (χ1) is 9.51. The van der Waals surface area contributed by atoms with E-state index in [2.05, 4.69) is 0 Å². The Kier molecular flexibility index (Phi) is 3.90. The number of nitro benzene ring substituents is 1. The van der Waals surface area contributed by atoms with Crippen molar-refractivity contribution in [1.29, 1.82) is 0 Å². The van der Waals surface area contributed by atoms with Crippen LogP contribution in [0.1, 0.15) is 5.56 Å². The van der Waals surface area contributed by atoms with Crippen LogP contribution in [0.4, 0.5) is 14.5 Å². The van der Waals surface area contributed by atoms with Crippen molar-refractivity contribution in [1.82, 2.24) is 0 Å². The molecule has 0 aliphatic heterocycles. The fraction of sp³-hybridized carbons (Fsp3) is 0.0769. The Balaban J connectivity index is 2.31. The topological polar surface area (TPSA) is 78.4 Å². The molecule has 2 aromatic carbocycles. The first-order valence-corrected chi connectivity index (χ1v) is 5.61. The Morgan fingerprint density at radius 1 is 1.20 bits per heavy atom. The third-order valence-electron chi connectivity index (χ3n) is 2.59. The highest BCUT2D eigenvalue weighted by Crippen LogP contribution is 2.29. The van der Waals surface area contributed by atoms with Gasteiger partial charge in [-0.1, -0.05) is 0 Å². The molecule has 0 heterocycles. The molecule has 104 valence electrons. The van der Waals surface area contributed by atoms with Gasteiger partial charge in [-0.3, -0.25) is 10.1 Å². The maximum atomic E-state index is 13.4. The van der Waals surface area contributed by atoms with Gasteiger partial charge in [0.15, 0.2) is 0 Å². The van der Waals surface area contributed by atoms with Crippen molar-refractivity contribution < 1.29 is 18.4 Å². The molecule has 0 amide bonds. The van der Waals surface area contributed by atoms with Crippen molar-refractivity contribution >= 4 is 5.69 Å². The van der Waals surface area contributed by atoms with Crippen LogP contribution in [0.25, 0.3) is 0 Å². The quantitative estimate of drug-likeness (QED) is 0.689. The highest BCUT2D eigenvalue weighted by Gasteiger charge is 2.15. The van der Waals surface area contributed by atoms with E-state index in [1.807, 2.05) is 0 Å². The lowest BCUT2D eigenvalue weighted by atomic mass is 10.2. The van der Waals surface area contributed by atoms with Crippen molar-refractivity contribution in [2.45, 2.75) is 6.54 Å². The molecule has 7 heteroatoms. The third-order valence-corrected chi connectivity index (χ3v) is 2.59. The van der Waals surface area contributed by atoms with E-state index in [9.17, 15) is 18.9 Å². The molecule has 0 aliphatic rings. The van der Waals surface area contributed by atoms with Gasteiger partial charge in [-0.15, -0.1) is 0 Å². The fourth-order valence-electron chi connectivity index (χ4n) is 1.63. The average Bonchev–Trinajstić information content (AvgIpc) is 2.40. The molecule has 0 atom stereocenters. The summed E-state index contributed by atoms with van der Waals surface area (Å²) in [6.45, 7) is 0.0442. The van der Waals surface area contributed by atoms with E-state index < -0.39 is 22.2 Å². The first-order valence-electron chi connectivity index (χ1n) is 5.61. The molecule has 20 heavy (non-hydrogen) atoms. The highest BCUT2D eigenvalue weighted by atomic mass is 19.1. The number of nitrogens with two attached hydrogens (primary N) is 1. The van der Waals surface area contributed by atoms with E-state index in [1.165, 1.54) is 24.3 Å². The zero-order valence-corrected chi connectivity index (χ0v) is 10.2. The molecule has 0 unspecified atom stereocenters. The summed E-state index contributed by atoms with van der Waals surface area (Å²) in [6, 6.07) is 6.88. The standard InChI is InChI=1S/C13H10F2N2O3/c14-9-1-4-13(8(5-9)7-16)20-10-2-3-12(17(18)19)11(15)6-10/h1-6H,7,16H2. The molecule has 0 bridgehead atoms. The summed E-state index contributed by atoms with van der Waals surface area (Å²) < 4.78 is 31.8. The molecule has 0 spiro atoms. The second kappa shape index (κ2) is 5.62. The SMILES string of the molecule is NCc1cc(F)ccc1Oc1ccc([N+](=O)[O-])c(F)c1. The van der Waals surface area contributed by atoms with Crippen LogP contribution in [0.2, 0.25) is 0 Å². The van der Waals surface area contributed by atoms with Gasteiger partial charge < -0.3 is 10.5 Å². The Bertz CT molecular complexity index is 662. The van der Waals surface area contributed by atoms with Crippen molar-refractivity contribution in [3.8, 4) is 11.5 Å². The van der Waals surface area contributed by atoms with Crippen molar-refractivity contribution in [3.05, 3.63) is 63.7 Å². The second-order valence-corrected chi connectivity index (χ2v) is 3.93. The minimum absolute atomic E-state index is 0.0442. The third kappa shape index (κ3) is 2.89. The van der Waals surface area contributed by atoms with Crippen LogP contribution < -0.4 is 10.5 Å². The monoisotopic (exact) mass is 280 g/mol. The summed E-state index contributed by atoms with van der Waals surface area (Å²) in [5.74, 6) is -1.15. The lowest BCUT2D eigenvalue weighted by Gasteiger charge is -2.10. The number of hydrogen-bond acceptors (Lipinski definition) is 4. The maximum absolute atomic E-state index is 13.4. The van der Waals surface area contributed by atoms with Gasteiger partial charge in [0.25, 0.3) is 0 Å². The molecule has 0 fully saturated rings. The van der Waals surface area contributed by atoms with Gasteiger partial charge >= 0.3 is 5.69 Å². The van der Waals surface area contributed by atoms with Crippen LogP contribution in [0.5, 0.6) is 11.5 Å². The number of ether oxygens (including phenoxy) is 1. The minimum Gasteiger partial charge on any atom is -0.457 e. The van der Waals surface area contributed by atoms with E-state index in [0.29, 0.717) is 5.56 Å². The molecular weight excluding hydrogens is 270 g/mol. The second-order valence-electron chi connectivity index (χ2n) is 3.93. The fourth-order valence-corrected chi connectivity index (χ4v) is 1.63. The zero-order valence-electron chi connectivity index (χ0n) is 10.2. The van der Waals surface area contributed by atoms with Gasteiger partial charge in [-0.25, -0.2) is 4.39 Å². The van der Waals surface area contributed by atoms with Crippen LogP contribution in [-0.4, -0.2) is 4.92 Å². The molecule has 0 saturated carbocycles. The predicted octanol–water partition coefficient (Wildman–Crippen LogP) is 3.12. The van der Waals surface area contributed by atoms with E-state index in [-0.39, 0.29) is 18.0 Å². The zero-order chi connectivity index (χ0) is 14.7. The van der Waals surface area contributed by atoms with E-state index in [1.54, 1.807) is 0 Å². The molecule has 0 aromatic heterocycles. The number of nitrogens with zero attached hydrogens (tertiary/aromatic N) is 1. The number of hydrogen-bond donors (Lipinski definition) is 1. The molecule has 0 radical (unpaired) electrons. The van der Waals surface area contributed by atoms with Crippen molar-refractivity contribution in [3.63, 3.8) is 0 Å². The Morgan fingerprint density at radius 3 is 2.55 bits per heavy atom. The molecule has 5 nitrogen and oxygen atoms in total. The number of nitro groups is 1. The normalized spacial score (nSPS) is 10.3. The lowest BCUT2D eigenvalue weighted by molar-refractivity contribution is -0.387. The maximum Gasteiger partial charge on any atom is 0.305 e. The molecule has 0 aliphatic carbocycles. The van der Waals surface area contributed by atoms with Crippen LogP contribution in [0.3, 0.4) is 0 Å². The highest BCUT2D eigenvalue weighted by molar-refractivity contribution is 5.42. The van der Waals surface area contributed by atoms with Gasteiger partial charge in [0.2, 0.25) is 5.82 Å². The molecular formula is C13H10F2N2O3. The van der Waals surface area contributed by atoms with Gasteiger partial charge in [0.05, 0.1) is 4.92 Å². The molecule has 2 N–H and O–H groups in total. The number of benzene rings is 2. The van der Waals surface area contributed by atoms with Crippen molar-refractivity contribution in [2.75, 3.05) is 0 Å². The van der Waals surface area contributed by atoms with Crippen LogP contribution in [0, 0.1) is 21.7 Å². The van der Waals surface area contributed by atoms with E-state index in [0.717, 1.165) is 12.1 Å². The van der Waals surface area contributed by atoms with E-state index >= 15 is 0 Å². The van der Waals surface area contributed by atoms with Crippen LogP contribution in [-0.2, 0) is 6.54 Å². The first kappa shape index (κ1) is 13.9. The predicted molar refractivity (Wildman–Crippen MR) is 67.4 cm³/mol. The van der Waals surface area contributed by atoms with Gasteiger partial charge in [-0.2, -0.15) is 4.39 Å². The summed E-state index contributed by atoms with van der Waals surface area (Å²) in [6.07, 6.45) is 0. The summed E-state index contributed by atoms with van der Waals surface area (Å²) in [7, 11) is 0. The summed E-state index contributed by atoms with van der Waals surface area (Å²) in [4.78, 5) is 9.66. The summed E-state index contributed by atoms with van der Waals surface area (Å²) in [5.41, 5.74) is 5.22. The summed E-state index contributed by atoms with van der Waals surface area (Å²) >= 11 is 0. The van der Waals surface area contributed by atoms with Crippen LogP contribution in [0.15, 0.2) is 36.4 Å². The Hall–Kier alpha value is -2.54. The van der Waals surface area contributed by atoms with Gasteiger partial charge in [0, 0.05) is 24.2 Å². The Labute approximate surface area is 112 Å². The largest absolute Gasteiger partial charge is 0.457 e. The van der Waals surface area contributed by atoms with Crippen LogP contribution >= 0.6 is 0 Å². The smallest absolute Gasteiger partial charge is 0.305 e. The van der Waals surface area contributed by atoms with Gasteiger partial charge in [0.1, 0.15) is 17.3 Å². The molecule has 2 rings (SSSR count). The van der Waals surface area contributed by atoms with E-state index in [4.69, 9.17) is 10.5 Å². The van der Waals surface area contributed by atoms with Gasteiger partial charge in [-0.05, 0) is 24.3 Å². The average molecular weight is 280 g/mol. The summed E-state index contributed by atoms with van der Waals surface area (Å²) in [5, 5.41) is 10.5. The van der Waals surface area contributed by atoms with Crippen molar-refractivity contribution in [2.24, 2.45) is 5.73 Å². The number of rotatable bonds is 4. The Morgan fingerprint density at radius 2 is 1.95 bits per heavy atom. The molecule has 2 aromatic rings.